The number of fused-ring (bicyclic) bond motifs is 6. The molecule has 0 heterocycles. The van der Waals surface area contributed by atoms with Crippen molar-refractivity contribution >= 4 is 11.8 Å². The van der Waals surface area contributed by atoms with E-state index in [1.165, 1.54) is 44.9 Å². The number of carbonyl (C=O) groups is 2. The summed E-state index contributed by atoms with van der Waals surface area (Å²) >= 11 is 0. The fourth-order valence-electron chi connectivity index (χ4n) is 9.28. The Morgan fingerprint density at radius 3 is 2.63 bits per heavy atom. The van der Waals surface area contributed by atoms with Gasteiger partial charge in [-0.05, 0) is 104 Å². The lowest BCUT2D eigenvalue weighted by Gasteiger charge is -2.60. The molecule has 5 fully saturated rings. The largest absolute Gasteiger partial charge is 0.481 e. The molecule has 0 aromatic heterocycles. The van der Waals surface area contributed by atoms with Gasteiger partial charge in [-0.15, -0.1) is 0 Å². The van der Waals surface area contributed by atoms with Crippen molar-refractivity contribution in [1.82, 2.24) is 0 Å². The van der Waals surface area contributed by atoms with Crippen LogP contribution in [0.3, 0.4) is 0 Å². The average Bonchev–Trinajstić information content (AvgIpc) is 3.26. The summed E-state index contributed by atoms with van der Waals surface area (Å²) in [5.74, 6) is 3.73. The molecule has 0 bridgehead atoms. The van der Waals surface area contributed by atoms with Gasteiger partial charge in [0, 0.05) is 19.3 Å². The topological polar surface area (TPSA) is 54.4 Å². The molecule has 0 aromatic rings. The predicted molar refractivity (Wildman–Crippen MR) is 104 cm³/mol. The van der Waals surface area contributed by atoms with Crippen LogP contribution < -0.4 is 0 Å². The van der Waals surface area contributed by atoms with Gasteiger partial charge in [-0.25, -0.2) is 0 Å². The first-order valence-corrected chi connectivity index (χ1v) is 11.5. The SMILES string of the molecule is C[C@]12CCC(=O)C[C@H]1CC[C@@H]1[C@@H]2CC[C@@]2(C)[C@H]1CC[C@@]21C[C@@H]1CCC(=O)O. The fourth-order valence-corrected chi connectivity index (χ4v) is 9.28. The summed E-state index contributed by atoms with van der Waals surface area (Å²) in [6.07, 6.45) is 13.4. The number of rotatable bonds is 3. The second-order valence-electron chi connectivity index (χ2n) is 11.4. The Balaban J connectivity index is 1.37. The van der Waals surface area contributed by atoms with Gasteiger partial charge in [0.2, 0.25) is 0 Å². The Bertz CT molecular complexity index is 671. The number of hydrogen-bond donors (Lipinski definition) is 1. The van der Waals surface area contributed by atoms with E-state index in [0.717, 1.165) is 43.4 Å². The van der Waals surface area contributed by atoms with Gasteiger partial charge in [-0.2, -0.15) is 0 Å². The Morgan fingerprint density at radius 2 is 1.85 bits per heavy atom. The van der Waals surface area contributed by atoms with Gasteiger partial charge >= 0.3 is 5.97 Å². The molecule has 8 atom stereocenters. The van der Waals surface area contributed by atoms with Gasteiger partial charge in [0.25, 0.3) is 0 Å². The third-order valence-corrected chi connectivity index (χ3v) is 10.8. The Hall–Kier alpha value is -0.860. The molecular weight excluding hydrogens is 336 g/mol. The minimum absolute atomic E-state index is 0.354. The minimum atomic E-state index is -0.626. The molecular formula is C24H36O3. The van der Waals surface area contributed by atoms with Gasteiger partial charge in [-0.3, -0.25) is 9.59 Å². The van der Waals surface area contributed by atoms with Crippen molar-refractivity contribution in [3.05, 3.63) is 0 Å². The van der Waals surface area contributed by atoms with Crippen molar-refractivity contribution in [1.29, 1.82) is 0 Å². The molecule has 0 radical (unpaired) electrons. The van der Waals surface area contributed by atoms with E-state index >= 15 is 0 Å². The number of hydrogen-bond acceptors (Lipinski definition) is 2. The first-order valence-electron chi connectivity index (χ1n) is 11.5. The smallest absolute Gasteiger partial charge is 0.303 e. The molecule has 5 aliphatic rings. The zero-order chi connectivity index (χ0) is 19.0. The third-order valence-electron chi connectivity index (χ3n) is 10.8. The normalized spacial score (nSPS) is 53.6. The highest BCUT2D eigenvalue weighted by atomic mass is 16.4. The summed E-state index contributed by atoms with van der Waals surface area (Å²) in [5, 5.41) is 9.11. The molecule has 150 valence electrons. The predicted octanol–water partition coefficient (Wildman–Crippen LogP) is 5.47. The molecule has 3 nitrogen and oxygen atoms in total. The average molecular weight is 373 g/mol. The lowest BCUT2D eigenvalue weighted by molar-refractivity contribution is -0.140. The second kappa shape index (κ2) is 5.83. The molecule has 0 saturated heterocycles. The monoisotopic (exact) mass is 372 g/mol. The van der Waals surface area contributed by atoms with Crippen LogP contribution >= 0.6 is 0 Å². The van der Waals surface area contributed by atoms with Crippen LogP contribution in [0.15, 0.2) is 0 Å². The summed E-state index contributed by atoms with van der Waals surface area (Å²) < 4.78 is 0. The van der Waals surface area contributed by atoms with E-state index in [1.807, 2.05) is 0 Å². The van der Waals surface area contributed by atoms with Crippen LogP contribution in [0.1, 0.15) is 90.9 Å². The van der Waals surface area contributed by atoms with Crippen LogP contribution in [0.4, 0.5) is 0 Å². The number of Topliss-reactive ketones (excluding diaryl/α,β-unsaturated/α-hetero) is 1. The van der Waals surface area contributed by atoms with E-state index in [0.29, 0.717) is 40.3 Å². The van der Waals surface area contributed by atoms with Crippen molar-refractivity contribution in [3.8, 4) is 0 Å². The molecule has 5 saturated carbocycles. The van der Waals surface area contributed by atoms with E-state index < -0.39 is 5.97 Å². The van der Waals surface area contributed by atoms with Crippen molar-refractivity contribution in [2.75, 3.05) is 0 Å². The molecule has 0 aromatic carbocycles. The molecule has 5 aliphatic carbocycles. The van der Waals surface area contributed by atoms with Gasteiger partial charge in [-0.1, -0.05) is 13.8 Å². The van der Waals surface area contributed by atoms with Gasteiger partial charge in [0.1, 0.15) is 5.78 Å². The molecule has 1 N–H and O–H groups in total. The second-order valence-corrected chi connectivity index (χ2v) is 11.4. The van der Waals surface area contributed by atoms with Crippen molar-refractivity contribution in [2.45, 2.75) is 90.9 Å². The molecule has 0 amide bonds. The molecule has 0 unspecified atom stereocenters. The molecule has 27 heavy (non-hydrogen) atoms. The van der Waals surface area contributed by atoms with Gasteiger partial charge < -0.3 is 5.11 Å². The molecule has 5 rings (SSSR count). The van der Waals surface area contributed by atoms with E-state index in [4.69, 9.17) is 5.11 Å². The summed E-state index contributed by atoms with van der Waals surface area (Å²) in [6, 6.07) is 0. The number of carboxylic acid groups (broad SMARTS) is 1. The molecule has 0 aliphatic heterocycles. The van der Waals surface area contributed by atoms with E-state index in [9.17, 15) is 9.59 Å². The van der Waals surface area contributed by atoms with Crippen molar-refractivity contribution in [2.24, 2.45) is 45.8 Å². The summed E-state index contributed by atoms with van der Waals surface area (Å²) in [4.78, 5) is 23.1. The summed E-state index contributed by atoms with van der Waals surface area (Å²) in [6.45, 7) is 5.11. The number of carbonyl (C=O) groups excluding carboxylic acids is 1. The fraction of sp³-hybridized carbons (Fsp3) is 0.917. The maximum atomic E-state index is 12.1. The molecule has 1 spiro atoms. The van der Waals surface area contributed by atoms with Crippen LogP contribution in [-0.2, 0) is 9.59 Å². The van der Waals surface area contributed by atoms with Gasteiger partial charge in [0.15, 0.2) is 0 Å². The van der Waals surface area contributed by atoms with E-state index in [1.54, 1.807) is 0 Å². The maximum absolute atomic E-state index is 12.1. The Morgan fingerprint density at radius 1 is 1.07 bits per heavy atom. The van der Waals surface area contributed by atoms with Crippen LogP contribution in [0.2, 0.25) is 0 Å². The Labute approximate surface area is 163 Å². The minimum Gasteiger partial charge on any atom is -0.481 e. The number of carboxylic acids is 1. The van der Waals surface area contributed by atoms with E-state index in [2.05, 4.69) is 13.8 Å². The highest BCUT2D eigenvalue weighted by molar-refractivity contribution is 5.79. The zero-order valence-corrected chi connectivity index (χ0v) is 17.1. The van der Waals surface area contributed by atoms with Crippen LogP contribution in [0, 0.1) is 45.8 Å². The van der Waals surface area contributed by atoms with Crippen LogP contribution in [-0.4, -0.2) is 16.9 Å². The number of ketones is 1. The van der Waals surface area contributed by atoms with E-state index in [-0.39, 0.29) is 0 Å². The first-order chi connectivity index (χ1) is 12.8. The van der Waals surface area contributed by atoms with Crippen molar-refractivity contribution in [3.63, 3.8) is 0 Å². The van der Waals surface area contributed by atoms with Crippen molar-refractivity contribution < 1.29 is 14.7 Å². The first kappa shape index (κ1) is 18.2. The van der Waals surface area contributed by atoms with Gasteiger partial charge in [0.05, 0.1) is 0 Å². The number of aliphatic carboxylic acids is 1. The van der Waals surface area contributed by atoms with Crippen LogP contribution in [0.25, 0.3) is 0 Å². The summed E-state index contributed by atoms with van der Waals surface area (Å²) in [5.41, 5.74) is 1.32. The highest BCUT2D eigenvalue weighted by Crippen LogP contribution is 2.79. The maximum Gasteiger partial charge on any atom is 0.303 e. The van der Waals surface area contributed by atoms with Crippen LogP contribution in [0.5, 0.6) is 0 Å². The summed E-state index contributed by atoms with van der Waals surface area (Å²) in [7, 11) is 0. The quantitative estimate of drug-likeness (QED) is 0.715. The zero-order valence-electron chi connectivity index (χ0n) is 17.1. The third kappa shape index (κ3) is 2.38. The Kier molecular flexibility index (Phi) is 3.93. The highest BCUT2D eigenvalue weighted by Gasteiger charge is 2.72. The lowest BCUT2D eigenvalue weighted by atomic mass is 9.44. The lowest BCUT2D eigenvalue weighted by Crippen LogP contribution is -2.53. The standard InChI is InChI=1S/C24H36O3/c1-22-10-7-17(25)13-15(22)3-5-18-19(22)8-11-23(2)20(18)9-12-24(23)14-16(24)4-6-21(26)27/h15-16,18-20H,3-14H2,1-2H3,(H,26,27)/t15-,16+,18-,19+,20+,22+,23+,24+/m1/s1. The molecule has 3 heteroatoms.